The molecule has 12 nitrogen and oxygen atoms in total. The third-order valence-corrected chi connectivity index (χ3v) is 7.18. The first-order valence-corrected chi connectivity index (χ1v) is 13.2. The summed E-state index contributed by atoms with van der Waals surface area (Å²) >= 11 is 1.63. The van der Waals surface area contributed by atoms with E-state index < -0.39 is 20.4 Å². The largest absolute Gasteiger partial charge is 0.349 e. The summed E-state index contributed by atoms with van der Waals surface area (Å²) in [6.07, 6.45) is 1.23. The van der Waals surface area contributed by atoms with Crippen molar-refractivity contribution in [2.45, 2.75) is 65.5 Å². The highest BCUT2D eigenvalue weighted by Gasteiger charge is 2.28. The van der Waals surface area contributed by atoms with Gasteiger partial charge in [-0.2, -0.15) is 8.48 Å². The summed E-state index contributed by atoms with van der Waals surface area (Å²) in [5.74, 6) is 0. The van der Waals surface area contributed by atoms with Crippen molar-refractivity contribution in [2.75, 3.05) is 40.5 Å². The molecule has 1 aromatic heterocycles. The number of ether oxygens (including phenoxy) is 1. The molecule has 35 heavy (non-hydrogen) atoms. The average molecular weight is 629 g/mol. The van der Waals surface area contributed by atoms with E-state index in [1.54, 1.807) is 37.0 Å². The Bertz CT molecular complexity index is 899. The third-order valence-electron chi connectivity index (χ3n) is 4.91. The van der Waals surface area contributed by atoms with E-state index >= 15 is 0 Å². The Morgan fingerprint density at radius 1 is 1.31 bits per heavy atom. The monoisotopic (exact) mass is 629 g/mol. The molecular weight excluding hydrogens is 592 g/mol. The first kappa shape index (κ1) is 32.1. The molecule has 2 heterocycles. The van der Waals surface area contributed by atoms with Crippen LogP contribution in [0.1, 0.15) is 45.9 Å². The van der Waals surface area contributed by atoms with Crippen LogP contribution >= 0.6 is 31.5 Å². The molecule has 1 aliphatic rings. The predicted molar refractivity (Wildman–Crippen MR) is 141 cm³/mol. The van der Waals surface area contributed by atoms with Gasteiger partial charge in [0.25, 0.3) is 14.1 Å². The fourth-order valence-corrected chi connectivity index (χ4v) is 5.08. The molecular formula is C21H37IN5O7P. The maximum absolute atomic E-state index is 11.9. The first-order valence-electron chi connectivity index (χ1n) is 11.2. The van der Waals surface area contributed by atoms with Crippen LogP contribution < -0.4 is 11.2 Å². The Kier molecular flexibility index (Phi) is 15.3. The Morgan fingerprint density at radius 2 is 1.97 bits per heavy atom. The van der Waals surface area contributed by atoms with Crippen LogP contribution in [0.5, 0.6) is 0 Å². The second-order valence-electron chi connectivity index (χ2n) is 8.49. The number of halogens is 1. The van der Waals surface area contributed by atoms with Gasteiger partial charge in [0.15, 0.2) is 29.2 Å². The van der Waals surface area contributed by atoms with E-state index in [0.29, 0.717) is 43.8 Å². The molecule has 0 amide bonds. The van der Waals surface area contributed by atoms with E-state index in [2.05, 4.69) is 46.6 Å². The van der Waals surface area contributed by atoms with Crippen molar-refractivity contribution in [3.05, 3.63) is 32.6 Å². The van der Waals surface area contributed by atoms with E-state index in [0.717, 1.165) is 0 Å². The summed E-state index contributed by atoms with van der Waals surface area (Å²) < 4.78 is 24.8. The number of aromatic nitrogens is 2. The summed E-state index contributed by atoms with van der Waals surface area (Å²) in [5.41, 5.74) is -0.399. The maximum Gasteiger partial charge on any atom is 0.330 e. The summed E-state index contributed by atoms with van der Waals surface area (Å²) in [5, 5.41) is 8.43. The molecule has 0 radical (unpaired) electrons. The number of rotatable bonds is 11. The van der Waals surface area contributed by atoms with Crippen LogP contribution in [0.4, 0.5) is 0 Å². The fraction of sp³-hybridized carbons (Fsp3) is 0.762. The molecule has 0 bridgehead atoms. The number of aryl methyl sites for hydroxylation is 1. The molecule has 14 heteroatoms. The van der Waals surface area contributed by atoms with Gasteiger partial charge >= 0.3 is 5.69 Å². The molecule has 1 aliphatic heterocycles. The molecule has 3 atom stereocenters. The summed E-state index contributed by atoms with van der Waals surface area (Å²) in [4.78, 5) is 32.4. The number of nitrogens with one attached hydrogen (secondary N) is 1. The standard InChI is InChI=1S/C11H16IN3O5.C10H21N2O2P/c1-7-3-15(11(17)13-10(7)16)9-5-14(2)4-8(19-9)6-18-20-12;1-9(2)12(10(3)4)15(13-5)14-8-6-7-11/h3,8-9H,4-6H2,1-2H3,(H,13,16,17);9-10H,6,8H2,1-5H3. The van der Waals surface area contributed by atoms with E-state index in [1.807, 2.05) is 11.9 Å². The van der Waals surface area contributed by atoms with Gasteiger partial charge in [0.05, 0.1) is 25.2 Å². The highest BCUT2D eigenvalue weighted by atomic mass is 127. The van der Waals surface area contributed by atoms with Gasteiger partial charge in [-0.1, -0.05) is 0 Å². The van der Waals surface area contributed by atoms with Crippen LogP contribution in [-0.2, 0) is 21.9 Å². The Hall–Kier alpha value is -0.950. The normalized spacial score (nSPS) is 19.5. The van der Waals surface area contributed by atoms with Gasteiger partial charge in [-0.05, 0) is 41.7 Å². The van der Waals surface area contributed by atoms with Gasteiger partial charge in [0, 0.05) is 44.0 Å². The average Bonchev–Trinajstić information content (AvgIpc) is 2.79. The molecule has 0 aromatic carbocycles. The first-order chi connectivity index (χ1) is 16.5. The van der Waals surface area contributed by atoms with Gasteiger partial charge in [-0.3, -0.25) is 19.2 Å². The quantitative estimate of drug-likeness (QED) is 0.128. The van der Waals surface area contributed by atoms with Gasteiger partial charge in [0.1, 0.15) is 6.61 Å². The Morgan fingerprint density at radius 3 is 2.51 bits per heavy atom. The zero-order valence-electron chi connectivity index (χ0n) is 21.4. The lowest BCUT2D eigenvalue weighted by Gasteiger charge is -2.36. The van der Waals surface area contributed by atoms with Crippen molar-refractivity contribution in [3.8, 4) is 6.07 Å². The summed E-state index contributed by atoms with van der Waals surface area (Å²) in [6, 6.07) is 2.80. The lowest BCUT2D eigenvalue weighted by Crippen LogP contribution is -2.48. The van der Waals surface area contributed by atoms with Crippen molar-refractivity contribution >= 4 is 31.5 Å². The maximum atomic E-state index is 11.9. The minimum atomic E-state index is -1.03. The van der Waals surface area contributed by atoms with Gasteiger partial charge in [0.2, 0.25) is 0 Å². The predicted octanol–water partition coefficient (Wildman–Crippen LogP) is 2.88. The van der Waals surface area contributed by atoms with Crippen LogP contribution in [0.2, 0.25) is 0 Å². The van der Waals surface area contributed by atoms with Crippen LogP contribution in [0, 0.1) is 18.3 Å². The number of likely N-dealkylation sites (N-methyl/N-ethyl adjacent to an activating group) is 1. The van der Waals surface area contributed by atoms with Crippen LogP contribution in [0.25, 0.3) is 0 Å². The molecule has 1 N–H and O–H groups in total. The van der Waals surface area contributed by atoms with Crippen molar-refractivity contribution < 1.29 is 21.9 Å². The Balaban J connectivity index is 0.000000367. The zero-order chi connectivity index (χ0) is 26.5. The van der Waals surface area contributed by atoms with Crippen molar-refractivity contribution in [3.63, 3.8) is 0 Å². The molecule has 0 spiro atoms. The second-order valence-corrected chi connectivity index (χ2v) is 10.4. The zero-order valence-corrected chi connectivity index (χ0v) is 24.4. The Labute approximate surface area is 222 Å². The van der Waals surface area contributed by atoms with Crippen LogP contribution in [0.15, 0.2) is 15.8 Å². The number of aromatic amines is 1. The molecule has 1 fully saturated rings. The summed E-state index contributed by atoms with van der Waals surface area (Å²) in [7, 11) is 2.55. The number of H-pyrrole nitrogens is 1. The van der Waals surface area contributed by atoms with Gasteiger partial charge in [-0.25, -0.2) is 14.4 Å². The van der Waals surface area contributed by atoms with E-state index in [-0.39, 0.29) is 18.3 Å². The second kappa shape index (κ2) is 16.7. The van der Waals surface area contributed by atoms with E-state index in [1.165, 1.54) is 10.8 Å². The van der Waals surface area contributed by atoms with E-state index in [9.17, 15) is 9.59 Å². The fourth-order valence-electron chi connectivity index (χ4n) is 3.50. The number of hydrogen-bond donors (Lipinski definition) is 1. The van der Waals surface area contributed by atoms with Gasteiger partial charge < -0.3 is 13.8 Å². The number of nitriles is 1. The molecule has 0 aliphatic carbocycles. The van der Waals surface area contributed by atoms with Crippen molar-refractivity contribution in [1.29, 1.82) is 5.26 Å². The lowest BCUT2D eigenvalue weighted by atomic mass is 10.2. The topological polar surface area (TPSA) is 131 Å². The smallest absolute Gasteiger partial charge is 0.330 e. The van der Waals surface area contributed by atoms with E-state index in [4.69, 9.17) is 23.9 Å². The lowest BCUT2D eigenvalue weighted by molar-refractivity contribution is -0.220. The molecule has 1 saturated heterocycles. The number of nitrogens with zero attached hydrogens (tertiary/aromatic N) is 4. The van der Waals surface area contributed by atoms with Gasteiger partial charge in [-0.15, -0.1) is 0 Å². The minimum absolute atomic E-state index is 0.215. The third kappa shape index (κ3) is 10.9. The SMILES string of the molecule is COP(OCCC#N)N(C(C)C)C(C)C.Cc1cn(C2CN(C)CC(COOI)O2)c(=O)[nH]c1=O. The highest BCUT2D eigenvalue weighted by Crippen LogP contribution is 2.44. The summed E-state index contributed by atoms with van der Waals surface area (Å²) in [6.45, 7) is 12.0. The molecule has 0 saturated carbocycles. The van der Waals surface area contributed by atoms with Crippen LogP contribution in [-0.4, -0.2) is 77.8 Å². The number of hydrogen-bond acceptors (Lipinski definition) is 10. The minimum Gasteiger partial charge on any atom is -0.349 e. The molecule has 1 aromatic rings. The number of morpholine rings is 1. The molecule has 3 unspecified atom stereocenters. The highest BCUT2D eigenvalue weighted by molar-refractivity contribution is 14.1. The molecule has 200 valence electrons. The van der Waals surface area contributed by atoms with Crippen LogP contribution in [0.3, 0.4) is 0 Å². The van der Waals surface area contributed by atoms with Crippen molar-refractivity contribution in [2.24, 2.45) is 0 Å². The van der Waals surface area contributed by atoms with Crippen molar-refractivity contribution in [1.82, 2.24) is 19.1 Å². The molecule has 2 rings (SSSR count).